The van der Waals surface area contributed by atoms with Gasteiger partial charge in [-0.05, 0) is 22.4 Å². The van der Waals surface area contributed by atoms with Crippen LogP contribution in [0, 0.1) is 0 Å². The highest BCUT2D eigenvalue weighted by molar-refractivity contribution is 7.07. The molecule has 0 aliphatic carbocycles. The summed E-state index contributed by atoms with van der Waals surface area (Å²) < 4.78 is 0. The number of rotatable bonds is 4. The van der Waals surface area contributed by atoms with E-state index in [2.05, 4.69) is 15.3 Å². The van der Waals surface area contributed by atoms with Crippen LogP contribution in [-0.2, 0) is 0 Å². The van der Waals surface area contributed by atoms with Gasteiger partial charge in [0.15, 0.2) is 11.5 Å². The first-order valence-corrected chi connectivity index (χ1v) is 6.17. The van der Waals surface area contributed by atoms with Crippen LogP contribution in [0.1, 0.15) is 22.2 Å². The Kier molecular flexibility index (Phi) is 3.85. The van der Waals surface area contributed by atoms with E-state index in [1.807, 2.05) is 10.8 Å². The van der Waals surface area contributed by atoms with Crippen molar-refractivity contribution in [2.75, 3.05) is 12.3 Å². The lowest BCUT2D eigenvalue weighted by molar-refractivity contribution is 0.0912. The van der Waals surface area contributed by atoms with Crippen LogP contribution in [0.2, 0.25) is 0 Å². The summed E-state index contributed by atoms with van der Waals surface area (Å²) in [5.74, 6) is -0.380. The smallest absolute Gasteiger partial charge is 0.273 e. The van der Waals surface area contributed by atoms with Crippen molar-refractivity contribution in [3.05, 3.63) is 40.5 Å². The number of amides is 1. The Morgan fingerprint density at radius 3 is 2.94 bits per heavy atom. The van der Waals surface area contributed by atoms with Gasteiger partial charge in [-0.1, -0.05) is 0 Å². The predicted molar refractivity (Wildman–Crippen MR) is 68.1 cm³/mol. The number of aromatic nitrogens is 2. The number of carbonyl (C=O) groups excluding carboxylic acids is 1. The van der Waals surface area contributed by atoms with Crippen molar-refractivity contribution < 1.29 is 9.90 Å². The molecule has 2 heterocycles. The minimum atomic E-state index is -0.738. The number of nitrogen functional groups attached to an aromatic ring is 1. The molecular weight excluding hydrogens is 252 g/mol. The number of hydrogen-bond acceptors (Lipinski definition) is 6. The first-order chi connectivity index (χ1) is 8.68. The molecule has 0 aliphatic rings. The van der Waals surface area contributed by atoms with E-state index >= 15 is 0 Å². The average molecular weight is 264 g/mol. The van der Waals surface area contributed by atoms with Gasteiger partial charge in [-0.3, -0.25) is 4.79 Å². The number of hydrogen-bond donors (Lipinski definition) is 3. The topological polar surface area (TPSA) is 101 Å². The number of nitrogens with two attached hydrogens (primary N) is 1. The van der Waals surface area contributed by atoms with Crippen LogP contribution in [0.15, 0.2) is 29.2 Å². The Hall–Kier alpha value is -1.99. The minimum absolute atomic E-state index is 0.0648. The van der Waals surface area contributed by atoms with E-state index in [4.69, 9.17) is 5.73 Å². The fourth-order valence-corrected chi connectivity index (χ4v) is 2.09. The van der Waals surface area contributed by atoms with Gasteiger partial charge in [0.25, 0.3) is 5.91 Å². The van der Waals surface area contributed by atoms with E-state index < -0.39 is 12.0 Å². The van der Waals surface area contributed by atoms with Gasteiger partial charge in [-0.25, -0.2) is 9.97 Å². The second-order valence-corrected chi connectivity index (χ2v) is 4.35. The molecule has 2 aromatic heterocycles. The second kappa shape index (κ2) is 5.56. The summed E-state index contributed by atoms with van der Waals surface area (Å²) in [5.41, 5.74) is 6.36. The third-order valence-electron chi connectivity index (χ3n) is 2.33. The fourth-order valence-electron chi connectivity index (χ4n) is 1.38. The molecule has 1 atom stereocenters. The van der Waals surface area contributed by atoms with Crippen molar-refractivity contribution in [2.24, 2.45) is 0 Å². The van der Waals surface area contributed by atoms with Crippen LogP contribution >= 0.6 is 11.3 Å². The number of nitrogens with zero attached hydrogens (tertiary/aromatic N) is 2. The van der Waals surface area contributed by atoms with Crippen LogP contribution in [0.25, 0.3) is 0 Å². The molecule has 0 spiro atoms. The molecule has 1 amide bonds. The molecular formula is C11H12N4O2S. The molecule has 0 saturated carbocycles. The van der Waals surface area contributed by atoms with Gasteiger partial charge in [-0.2, -0.15) is 11.3 Å². The zero-order valence-electron chi connectivity index (χ0n) is 9.41. The van der Waals surface area contributed by atoms with Gasteiger partial charge in [0.05, 0.1) is 6.10 Å². The van der Waals surface area contributed by atoms with E-state index in [1.165, 1.54) is 23.7 Å². The summed E-state index contributed by atoms with van der Waals surface area (Å²) in [6.07, 6.45) is 2.06. The average Bonchev–Trinajstić information content (AvgIpc) is 2.90. The molecule has 0 aromatic carbocycles. The quantitative estimate of drug-likeness (QED) is 0.750. The lowest BCUT2D eigenvalue weighted by Crippen LogP contribution is -2.29. The summed E-state index contributed by atoms with van der Waals surface area (Å²) in [6.45, 7) is 0.103. The number of aliphatic hydroxyl groups is 1. The molecule has 1 unspecified atom stereocenters. The predicted octanol–water partition coefficient (Wildman–Crippen LogP) is 0.584. The van der Waals surface area contributed by atoms with E-state index in [9.17, 15) is 9.90 Å². The number of thiophene rings is 1. The van der Waals surface area contributed by atoms with Gasteiger partial charge < -0.3 is 16.2 Å². The van der Waals surface area contributed by atoms with E-state index in [1.54, 1.807) is 6.07 Å². The summed E-state index contributed by atoms with van der Waals surface area (Å²) in [5, 5.41) is 16.0. The highest BCUT2D eigenvalue weighted by atomic mass is 32.1. The lowest BCUT2D eigenvalue weighted by atomic mass is 10.2. The van der Waals surface area contributed by atoms with E-state index in [0.29, 0.717) is 0 Å². The number of anilines is 1. The Balaban J connectivity index is 1.95. The van der Waals surface area contributed by atoms with E-state index in [0.717, 1.165) is 5.56 Å². The number of aliphatic hydroxyl groups excluding tert-OH is 1. The monoisotopic (exact) mass is 264 g/mol. The van der Waals surface area contributed by atoms with E-state index in [-0.39, 0.29) is 18.1 Å². The first-order valence-electron chi connectivity index (χ1n) is 5.23. The second-order valence-electron chi connectivity index (χ2n) is 3.57. The third kappa shape index (κ3) is 2.82. The van der Waals surface area contributed by atoms with Gasteiger partial charge in [-0.15, -0.1) is 0 Å². The third-order valence-corrected chi connectivity index (χ3v) is 3.03. The highest BCUT2D eigenvalue weighted by Crippen LogP contribution is 2.15. The molecule has 4 N–H and O–H groups in total. The Morgan fingerprint density at radius 2 is 2.28 bits per heavy atom. The molecule has 18 heavy (non-hydrogen) atoms. The van der Waals surface area contributed by atoms with Crippen molar-refractivity contribution in [3.8, 4) is 0 Å². The van der Waals surface area contributed by atoms with Crippen molar-refractivity contribution in [3.63, 3.8) is 0 Å². The molecule has 2 rings (SSSR count). The standard InChI is InChI=1S/C11H12N4O2S/c12-10-9(13-2-3-14-10)11(17)15-5-8(16)7-1-4-18-6-7/h1-4,6,8,16H,5H2,(H2,12,14)(H,15,17). The maximum atomic E-state index is 11.7. The summed E-state index contributed by atoms with van der Waals surface area (Å²) in [4.78, 5) is 19.3. The Morgan fingerprint density at radius 1 is 1.50 bits per heavy atom. The van der Waals surface area contributed by atoms with Crippen molar-refractivity contribution in [1.29, 1.82) is 0 Å². The maximum Gasteiger partial charge on any atom is 0.273 e. The van der Waals surface area contributed by atoms with Crippen molar-refractivity contribution in [1.82, 2.24) is 15.3 Å². The van der Waals surface area contributed by atoms with Crippen molar-refractivity contribution >= 4 is 23.1 Å². The van der Waals surface area contributed by atoms with Crippen LogP contribution in [0.3, 0.4) is 0 Å². The SMILES string of the molecule is Nc1nccnc1C(=O)NCC(O)c1ccsc1. The van der Waals surface area contributed by atoms with Crippen LogP contribution < -0.4 is 11.1 Å². The minimum Gasteiger partial charge on any atom is -0.387 e. The van der Waals surface area contributed by atoms with Crippen LogP contribution in [0.4, 0.5) is 5.82 Å². The molecule has 0 radical (unpaired) electrons. The number of carbonyl (C=O) groups is 1. The van der Waals surface area contributed by atoms with Crippen LogP contribution in [-0.4, -0.2) is 27.5 Å². The normalized spacial score (nSPS) is 12.1. The molecule has 2 aromatic rings. The molecule has 0 bridgehead atoms. The van der Waals surface area contributed by atoms with Gasteiger partial charge in [0.1, 0.15) is 0 Å². The highest BCUT2D eigenvalue weighted by Gasteiger charge is 2.14. The van der Waals surface area contributed by atoms with Gasteiger partial charge in [0, 0.05) is 18.9 Å². The molecule has 0 fully saturated rings. The maximum absolute atomic E-state index is 11.7. The first kappa shape index (κ1) is 12.5. The molecule has 0 saturated heterocycles. The summed E-state index contributed by atoms with van der Waals surface area (Å²) in [7, 11) is 0. The fraction of sp³-hybridized carbons (Fsp3) is 0.182. The number of nitrogens with one attached hydrogen (secondary N) is 1. The zero-order valence-corrected chi connectivity index (χ0v) is 10.2. The van der Waals surface area contributed by atoms with Crippen LogP contribution in [0.5, 0.6) is 0 Å². The largest absolute Gasteiger partial charge is 0.387 e. The molecule has 94 valence electrons. The Bertz CT molecular complexity index is 530. The summed E-state index contributed by atoms with van der Waals surface area (Å²) in [6, 6.07) is 1.80. The summed E-state index contributed by atoms with van der Waals surface area (Å²) >= 11 is 1.49. The molecule has 0 aliphatic heterocycles. The lowest BCUT2D eigenvalue weighted by Gasteiger charge is -2.10. The molecule has 6 nitrogen and oxygen atoms in total. The molecule has 7 heteroatoms. The zero-order chi connectivity index (χ0) is 13.0. The van der Waals surface area contributed by atoms with Crippen molar-refractivity contribution in [2.45, 2.75) is 6.10 Å². The van der Waals surface area contributed by atoms with Gasteiger partial charge in [0.2, 0.25) is 0 Å². The Labute approximate surface area is 108 Å². The van der Waals surface area contributed by atoms with Gasteiger partial charge >= 0.3 is 0 Å².